The molecule has 1 nitrogen and oxygen atoms in total. The van der Waals surface area contributed by atoms with E-state index in [0.29, 0.717) is 0 Å². The van der Waals surface area contributed by atoms with E-state index in [1.165, 1.54) is 48.1 Å². The molecule has 35 heavy (non-hydrogen) atoms. The Bertz CT molecular complexity index is 1640. The van der Waals surface area contributed by atoms with Crippen LogP contribution in [-0.4, -0.2) is 20.9 Å². The molecule has 0 aromatic heterocycles. The lowest BCUT2D eigenvalue weighted by molar-refractivity contribution is 0.488. The average molecular weight is 481 g/mol. The van der Waals surface area contributed by atoms with Crippen LogP contribution in [0.1, 0.15) is 0 Å². The van der Waals surface area contributed by atoms with Gasteiger partial charge in [-0.2, -0.15) is 11.5 Å². The number of hydrogen-bond acceptors (Lipinski definition) is 1. The molecule has 0 radical (unpaired) electrons. The Labute approximate surface area is 211 Å². The molecule has 0 bridgehead atoms. The molecule has 1 spiro atoms. The molecular weight excluding hydrogens is 461 g/mol. The summed E-state index contributed by atoms with van der Waals surface area (Å²) in [6.45, 7) is 0.161. The first kappa shape index (κ1) is 19.8. The maximum absolute atomic E-state index is 7.20. The van der Waals surface area contributed by atoms with Crippen molar-refractivity contribution >= 4 is 80.4 Å². The molecule has 3 aliphatic rings. The zero-order valence-corrected chi connectivity index (χ0v) is 20.7. The molecule has 0 fully saturated rings. The lowest BCUT2D eigenvalue weighted by atomic mass is 9.35. The SMILES string of the molecule is ClB1c2ccccc2[Si]2(c3ccccc31)c1ccccc1B1c3ccccc3Oc3cccc2c31. The molecule has 8 rings (SSSR count). The van der Waals surface area contributed by atoms with Crippen molar-refractivity contribution in [1.82, 2.24) is 0 Å². The van der Waals surface area contributed by atoms with E-state index in [-0.39, 0.29) is 12.8 Å². The van der Waals surface area contributed by atoms with Crippen LogP contribution in [0, 0.1) is 0 Å². The Morgan fingerprint density at radius 2 is 0.971 bits per heavy atom. The van der Waals surface area contributed by atoms with Crippen molar-refractivity contribution in [2.45, 2.75) is 0 Å². The molecule has 3 heterocycles. The molecule has 5 aromatic rings. The molecule has 0 unspecified atom stereocenters. The summed E-state index contributed by atoms with van der Waals surface area (Å²) in [5.74, 6) is 1.94. The van der Waals surface area contributed by atoms with Gasteiger partial charge in [0.2, 0.25) is 0 Å². The van der Waals surface area contributed by atoms with Gasteiger partial charge in [-0.1, -0.05) is 120 Å². The Morgan fingerprint density at radius 1 is 0.486 bits per heavy atom. The van der Waals surface area contributed by atoms with E-state index in [2.05, 4.69) is 115 Å². The number of benzene rings is 5. The molecule has 0 saturated carbocycles. The van der Waals surface area contributed by atoms with E-state index in [0.717, 1.165) is 11.5 Å². The molecule has 0 amide bonds. The second kappa shape index (κ2) is 7.04. The van der Waals surface area contributed by atoms with Gasteiger partial charge in [0.05, 0.1) is 0 Å². The van der Waals surface area contributed by atoms with Gasteiger partial charge in [-0.3, -0.25) is 0 Å². The third-order valence-electron chi connectivity index (χ3n) is 8.16. The van der Waals surface area contributed by atoms with E-state index < -0.39 is 8.07 Å². The highest BCUT2D eigenvalue weighted by Gasteiger charge is 2.56. The molecule has 5 aromatic carbocycles. The Hall–Kier alpha value is -3.46. The minimum atomic E-state index is -2.64. The number of ether oxygens (including phenoxy) is 1. The second-order valence-corrected chi connectivity index (χ2v) is 13.8. The highest BCUT2D eigenvalue weighted by molar-refractivity contribution is 7.35. The van der Waals surface area contributed by atoms with Crippen molar-refractivity contribution in [3.63, 3.8) is 0 Å². The standard InChI is InChI=1S/C30H19B2ClOSi/c33-32-22-12-3-7-17-27(22)35(28-18-8-4-13-23(28)32)26-16-6-2-11-21(26)31-20-10-1-5-14-24(20)34-25-15-9-19-29(35)30(25)31/h1-19H. The summed E-state index contributed by atoms with van der Waals surface area (Å²) < 4.78 is 6.57. The summed E-state index contributed by atoms with van der Waals surface area (Å²) in [6.07, 6.45) is -0.151. The van der Waals surface area contributed by atoms with Crippen molar-refractivity contribution in [2.24, 2.45) is 0 Å². The minimum Gasteiger partial charge on any atom is -0.458 e. The highest BCUT2D eigenvalue weighted by atomic mass is 35.5. The number of hydrogen-bond donors (Lipinski definition) is 0. The largest absolute Gasteiger partial charge is 0.458 e. The van der Waals surface area contributed by atoms with E-state index in [4.69, 9.17) is 16.2 Å². The number of halogens is 1. The summed E-state index contributed by atoms with van der Waals surface area (Å²) in [6, 6.07) is 42.1. The van der Waals surface area contributed by atoms with Gasteiger partial charge >= 0.3 is 6.13 Å². The first-order valence-corrected chi connectivity index (χ1v) is 14.6. The zero-order chi connectivity index (χ0) is 23.1. The van der Waals surface area contributed by atoms with E-state index in [1.54, 1.807) is 0 Å². The van der Waals surface area contributed by atoms with Gasteiger partial charge in [0, 0.05) is 0 Å². The van der Waals surface area contributed by atoms with Crippen LogP contribution in [0.5, 0.6) is 11.5 Å². The number of para-hydroxylation sites is 1. The van der Waals surface area contributed by atoms with Crippen LogP contribution in [-0.2, 0) is 0 Å². The van der Waals surface area contributed by atoms with E-state index in [9.17, 15) is 0 Å². The predicted octanol–water partition coefficient (Wildman–Crippen LogP) is 0.657. The highest BCUT2D eigenvalue weighted by Crippen LogP contribution is 2.26. The monoisotopic (exact) mass is 480 g/mol. The van der Waals surface area contributed by atoms with E-state index >= 15 is 0 Å². The average Bonchev–Trinajstić information content (AvgIpc) is 2.92. The zero-order valence-electron chi connectivity index (χ0n) is 18.9. The van der Waals surface area contributed by atoms with Crippen molar-refractivity contribution in [2.75, 3.05) is 0 Å². The molecule has 162 valence electrons. The van der Waals surface area contributed by atoms with Crippen molar-refractivity contribution < 1.29 is 4.74 Å². The van der Waals surface area contributed by atoms with Crippen LogP contribution >= 0.6 is 11.5 Å². The summed E-state index contributed by atoms with van der Waals surface area (Å²) in [4.78, 5) is 0. The maximum atomic E-state index is 7.20. The smallest absolute Gasteiger partial charge is 0.315 e. The van der Waals surface area contributed by atoms with Crippen LogP contribution < -0.4 is 52.8 Å². The lowest BCUT2D eigenvalue weighted by Gasteiger charge is -2.48. The number of rotatable bonds is 0. The van der Waals surface area contributed by atoms with Crippen LogP contribution in [0.2, 0.25) is 0 Å². The quantitative estimate of drug-likeness (QED) is 0.290. The van der Waals surface area contributed by atoms with Gasteiger partial charge in [0.25, 0.3) is 6.71 Å². The first-order chi connectivity index (χ1) is 17.3. The summed E-state index contributed by atoms with van der Waals surface area (Å²) in [7, 11) is -2.64. The van der Waals surface area contributed by atoms with Crippen LogP contribution in [0.3, 0.4) is 0 Å². The number of fused-ring (bicyclic) bond motifs is 10. The van der Waals surface area contributed by atoms with Gasteiger partial charge in [-0.25, -0.2) is 0 Å². The second-order valence-electron chi connectivity index (χ2n) is 9.66. The summed E-state index contributed by atoms with van der Waals surface area (Å²) in [5, 5.41) is 5.69. The summed E-state index contributed by atoms with van der Waals surface area (Å²) in [5.41, 5.74) is 6.45. The van der Waals surface area contributed by atoms with Crippen LogP contribution in [0.4, 0.5) is 0 Å². The van der Waals surface area contributed by atoms with E-state index in [1.807, 2.05) is 0 Å². The predicted molar refractivity (Wildman–Crippen MR) is 152 cm³/mol. The molecule has 0 atom stereocenters. The van der Waals surface area contributed by atoms with Gasteiger partial charge in [-0.05, 0) is 43.8 Å². The molecule has 5 heteroatoms. The Balaban J connectivity index is 1.59. The van der Waals surface area contributed by atoms with Gasteiger partial charge < -0.3 is 4.74 Å². The third-order valence-corrected chi connectivity index (χ3v) is 13.7. The molecule has 0 saturated heterocycles. The maximum Gasteiger partial charge on any atom is 0.315 e. The molecule has 3 aliphatic heterocycles. The van der Waals surface area contributed by atoms with Crippen molar-refractivity contribution in [3.05, 3.63) is 115 Å². The van der Waals surface area contributed by atoms with Crippen LogP contribution in [0.15, 0.2) is 115 Å². The molecular formula is C30H19B2ClOSi. The van der Waals surface area contributed by atoms with Gasteiger partial charge in [0.15, 0.2) is 8.07 Å². The van der Waals surface area contributed by atoms with Crippen molar-refractivity contribution in [3.8, 4) is 11.5 Å². The normalized spacial score (nSPS) is 15.3. The minimum absolute atomic E-state index is 0.151. The fourth-order valence-electron chi connectivity index (χ4n) is 6.91. The van der Waals surface area contributed by atoms with Crippen LogP contribution in [0.25, 0.3) is 0 Å². The molecule has 0 N–H and O–H groups in total. The Kier molecular flexibility index (Phi) is 3.98. The fraction of sp³-hybridized carbons (Fsp3) is 0. The Morgan fingerprint density at radius 3 is 1.66 bits per heavy atom. The van der Waals surface area contributed by atoms with Gasteiger partial charge in [-0.15, -0.1) is 0 Å². The van der Waals surface area contributed by atoms with Gasteiger partial charge in [0.1, 0.15) is 11.5 Å². The van der Waals surface area contributed by atoms with Crippen molar-refractivity contribution in [1.29, 1.82) is 0 Å². The fourth-order valence-corrected chi connectivity index (χ4v) is 13.3. The topological polar surface area (TPSA) is 9.23 Å². The molecule has 0 aliphatic carbocycles. The first-order valence-electron chi connectivity index (χ1n) is 12.1. The third kappa shape index (κ3) is 2.37. The summed E-state index contributed by atoms with van der Waals surface area (Å²) >= 11 is 7.20. The lowest BCUT2D eigenvalue weighted by Crippen LogP contribution is -2.92.